The molecule has 0 amide bonds. The quantitative estimate of drug-likeness (QED) is 0.570. The maximum absolute atomic E-state index is 11.3. The standard InChI is InChI=1S/C9H18O4S/c1-3-5-9(10)8-14(11,12)7-4-6-13-2/h3-8H2,1-2H3. The van der Waals surface area contributed by atoms with E-state index in [0.29, 0.717) is 25.9 Å². The zero-order valence-corrected chi connectivity index (χ0v) is 9.60. The Bertz CT molecular complexity index is 256. The van der Waals surface area contributed by atoms with E-state index in [1.165, 1.54) is 7.11 Å². The van der Waals surface area contributed by atoms with Gasteiger partial charge >= 0.3 is 0 Å². The van der Waals surface area contributed by atoms with Gasteiger partial charge in [0.05, 0.1) is 5.75 Å². The molecule has 0 fully saturated rings. The number of hydrogen-bond donors (Lipinski definition) is 0. The molecule has 0 saturated heterocycles. The Morgan fingerprint density at radius 2 is 2.00 bits per heavy atom. The summed E-state index contributed by atoms with van der Waals surface area (Å²) in [5, 5.41) is 0. The van der Waals surface area contributed by atoms with E-state index in [4.69, 9.17) is 4.74 Å². The summed E-state index contributed by atoms with van der Waals surface area (Å²) in [4.78, 5) is 11.1. The van der Waals surface area contributed by atoms with Gasteiger partial charge in [0.1, 0.15) is 11.5 Å². The Hall–Kier alpha value is -0.420. The number of Topliss-reactive ketones (excluding diaryl/α,β-unsaturated/α-hetero) is 1. The second-order valence-electron chi connectivity index (χ2n) is 3.23. The first-order valence-electron chi connectivity index (χ1n) is 4.73. The van der Waals surface area contributed by atoms with Crippen molar-refractivity contribution in [2.24, 2.45) is 0 Å². The Morgan fingerprint density at radius 1 is 1.36 bits per heavy atom. The SMILES string of the molecule is CCCC(=O)CS(=O)(=O)CCCOC. The van der Waals surface area contributed by atoms with Crippen molar-refractivity contribution in [2.45, 2.75) is 26.2 Å². The third-order valence-electron chi connectivity index (χ3n) is 1.71. The minimum Gasteiger partial charge on any atom is -0.385 e. The molecule has 5 heteroatoms. The third kappa shape index (κ3) is 7.03. The lowest BCUT2D eigenvalue weighted by Gasteiger charge is -2.02. The van der Waals surface area contributed by atoms with Crippen LogP contribution in [0, 0.1) is 0 Å². The zero-order valence-electron chi connectivity index (χ0n) is 8.78. The Morgan fingerprint density at radius 3 is 2.50 bits per heavy atom. The molecule has 0 rings (SSSR count). The lowest BCUT2D eigenvalue weighted by atomic mass is 10.3. The number of ether oxygens (including phenoxy) is 1. The molecule has 0 N–H and O–H groups in total. The van der Waals surface area contributed by atoms with Crippen LogP contribution in [0.5, 0.6) is 0 Å². The monoisotopic (exact) mass is 222 g/mol. The largest absolute Gasteiger partial charge is 0.385 e. The van der Waals surface area contributed by atoms with Crippen LogP contribution in [0.1, 0.15) is 26.2 Å². The molecule has 14 heavy (non-hydrogen) atoms. The van der Waals surface area contributed by atoms with Crippen LogP contribution in [0.25, 0.3) is 0 Å². The minimum atomic E-state index is -3.20. The summed E-state index contributed by atoms with van der Waals surface area (Å²) in [5.41, 5.74) is 0. The lowest BCUT2D eigenvalue weighted by molar-refractivity contribution is -0.116. The minimum absolute atomic E-state index is 0.0380. The Balaban J connectivity index is 3.89. The van der Waals surface area contributed by atoms with Gasteiger partial charge in [-0.3, -0.25) is 4.79 Å². The number of methoxy groups -OCH3 is 1. The summed E-state index contributed by atoms with van der Waals surface area (Å²) in [6, 6.07) is 0. The van der Waals surface area contributed by atoms with E-state index in [1.54, 1.807) is 0 Å². The summed E-state index contributed by atoms with van der Waals surface area (Å²) in [6.07, 6.45) is 1.51. The molecule has 0 unspecified atom stereocenters. The van der Waals surface area contributed by atoms with Gasteiger partial charge in [-0.2, -0.15) is 0 Å². The molecule has 4 nitrogen and oxygen atoms in total. The van der Waals surface area contributed by atoms with Crippen molar-refractivity contribution in [1.29, 1.82) is 0 Å². The van der Waals surface area contributed by atoms with E-state index < -0.39 is 9.84 Å². The predicted molar refractivity (Wildman–Crippen MR) is 55.1 cm³/mol. The Labute approximate surface area is 85.6 Å². The van der Waals surface area contributed by atoms with Crippen LogP contribution < -0.4 is 0 Å². The molecular formula is C9H18O4S. The second kappa shape index (κ2) is 6.95. The molecule has 0 aromatic carbocycles. The van der Waals surface area contributed by atoms with Crippen molar-refractivity contribution in [1.82, 2.24) is 0 Å². The summed E-state index contributed by atoms with van der Waals surface area (Å²) >= 11 is 0. The first-order chi connectivity index (χ1) is 6.52. The highest BCUT2D eigenvalue weighted by molar-refractivity contribution is 7.92. The normalized spacial score (nSPS) is 11.6. The van der Waals surface area contributed by atoms with Crippen molar-refractivity contribution in [2.75, 3.05) is 25.2 Å². The molecule has 0 saturated carbocycles. The molecular weight excluding hydrogens is 204 g/mol. The van der Waals surface area contributed by atoms with Gasteiger partial charge in [-0.25, -0.2) is 8.42 Å². The molecule has 0 atom stereocenters. The summed E-state index contributed by atoms with van der Waals surface area (Å²) < 4.78 is 27.4. The first kappa shape index (κ1) is 13.6. The zero-order chi connectivity index (χ0) is 11.0. The maximum atomic E-state index is 11.3. The summed E-state index contributed by atoms with van der Waals surface area (Å²) in [7, 11) is -1.68. The number of carbonyl (C=O) groups excluding carboxylic acids is 1. The van der Waals surface area contributed by atoms with E-state index in [-0.39, 0.29) is 17.3 Å². The molecule has 84 valence electrons. The van der Waals surface area contributed by atoms with Crippen LogP contribution in [0.2, 0.25) is 0 Å². The molecule has 0 aromatic rings. The number of ketones is 1. The second-order valence-corrected chi connectivity index (χ2v) is 5.41. The van der Waals surface area contributed by atoms with Crippen LogP contribution in [-0.4, -0.2) is 39.4 Å². The molecule has 0 bridgehead atoms. The fourth-order valence-electron chi connectivity index (χ4n) is 1.09. The van der Waals surface area contributed by atoms with Crippen LogP contribution >= 0.6 is 0 Å². The number of carbonyl (C=O) groups is 1. The lowest BCUT2D eigenvalue weighted by Crippen LogP contribution is -2.19. The Kier molecular flexibility index (Phi) is 6.74. The predicted octanol–water partition coefficient (Wildman–Crippen LogP) is 0.807. The number of hydrogen-bond acceptors (Lipinski definition) is 4. The van der Waals surface area contributed by atoms with Gasteiger partial charge in [-0.1, -0.05) is 6.92 Å². The molecule has 0 aliphatic heterocycles. The van der Waals surface area contributed by atoms with Gasteiger partial charge in [0, 0.05) is 20.1 Å². The molecule has 0 radical (unpaired) electrons. The maximum Gasteiger partial charge on any atom is 0.157 e. The van der Waals surface area contributed by atoms with E-state index >= 15 is 0 Å². The van der Waals surface area contributed by atoms with Crippen LogP contribution in [0.4, 0.5) is 0 Å². The number of rotatable bonds is 8. The van der Waals surface area contributed by atoms with Gasteiger partial charge in [0.25, 0.3) is 0 Å². The first-order valence-corrected chi connectivity index (χ1v) is 6.55. The van der Waals surface area contributed by atoms with Gasteiger partial charge < -0.3 is 4.74 Å². The van der Waals surface area contributed by atoms with Crippen molar-refractivity contribution in [3.63, 3.8) is 0 Å². The highest BCUT2D eigenvalue weighted by Gasteiger charge is 2.15. The molecule has 0 aliphatic carbocycles. The van der Waals surface area contributed by atoms with Crippen molar-refractivity contribution in [3.05, 3.63) is 0 Å². The third-order valence-corrected chi connectivity index (χ3v) is 3.39. The van der Waals surface area contributed by atoms with E-state index in [9.17, 15) is 13.2 Å². The summed E-state index contributed by atoms with van der Waals surface area (Å²) in [6.45, 7) is 2.27. The van der Waals surface area contributed by atoms with E-state index in [0.717, 1.165) is 0 Å². The average molecular weight is 222 g/mol. The fraction of sp³-hybridized carbons (Fsp3) is 0.889. The van der Waals surface area contributed by atoms with E-state index in [1.807, 2.05) is 6.92 Å². The van der Waals surface area contributed by atoms with Gasteiger partial charge in [-0.05, 0) is 12.8 Å². The van der Waals surface area contributed by atoms with Gasteiger partial charge in [-0.15, -0.1) is 0 Å². The van der Waals surface area contributed by atoms with Crippen molar-refractivity contribution < 1.29 is 17.9 Å². The van der Waals surface area contributed by atoms with Crippen molar-refractivity contribution in [3.8, 4) is 0 Å². The van der Waals surface area contributed by atoms with Crippen LogP contribution in [0.3, 0.4) is 0 Å². The van der Waals surface area contributed by atoms with Crippen LogP contribution in [-0.2, 0) is 19.4 Å². The molecule has 0 aromatic heterocycles. The molecule has 0 heterocycles. The van der Waals surface area contributed by atoms with Gasteiger partial charge in [0.2, 0.25) is 0 Å². The van der Waals surface area contributed by atoms with Gasteiger partial charge in [0.15, 0.2) is 9.84 Å². The smallest absolute Gasteiger partial charge is 0.157 e. The van der Waals surface area contributed by atoms with Crippen LogP contribution in [0.15, 0.2) is 0 Å². The molecule has 0 spiro atoms. The number of sulfone groups is 1. The van der Waals surface area contributed by atoms with E-state index in [2.05, 4.69) is 0 Å². The highest BCUT2D eigenvalue weighted by atomic mass is 32.2. The molecule has 0 aliphatic rings. The topological polar surface area (TPSA) is 60.4 Å². The average Bonchev–Trinajstić information content (AvgIpc) is 2.03. The van der Waals surface area contributed by atoms with Crippen molar-refractivity contribution >= 4 is 15.6 Å². The summed E-state index contributed by atoms with van der Waals surface area (Å²) in [5.74, 6) is -0.467. The highest BCUT2D eigenvalue weighted by Crippen LogP contribution is 1.99. The fourth-order valence-corrected chi connectivity index (χ4v) is 2.43.